The Kier molecular flexibility index (Phi) is 12.9. The fourth-order valence-corrected chi connectivity index (χ4v) is 7.18. The van der Waals surface area contributed by atoms with Gasteiger partial charge >= 0.3 is 11.9 Å². The van der Waals surface area contributed by atoms with Gasteiger partial charge in [-0.3, -0.25) is 9.36 Å². The van der Waals surface area contributed by atoms with Crippen molar-refractivity contribution in [2.24, 2.45) is 4.99 Å². The summed E-state index contributed by atoms with van der Waals surface area (Å²) in [6.07, 6.45) is 1.67. The summed E-state index contributed by atoms with van der Waals surface area (Å²) in [5.74, 6) is 0.0922. The molecule has 1 aliphatic rings. The highest BCUT2D eigenvalue weighted by molar-refractivity contribution is 7.07. The molecule has 2 heterocycles. The minimum Gasteiger partial charge on any atom is -0.490 e. The fraction of sp³-hybridized carbons (Fsp3) is 0.297. The molecule has 0 saturated heterocycles. The van der Waals surface area contributed by atoms with Gasteiger partial charge < -0.3 is 28.4 Å². The van der Waals surface area contributed by atoms with Crippen LogP contribution in [0.5, 0.6) is 23.0 Å². The molecule has 0 spiro atoms. The van der Waals surface area contributed by atoms with E-state index in [0.29, 0.717) is 65.6 Å². The lowest BCUT2D eigenvalue weighted by Crippen LogP contribution is -2.40. The normalized spacial score (nSPS) is 14.0. The Morgan fingerprint density at radius 2 is 1.63 bits per heavy atom. The number of thiazole rings is 1. The molecule has 5 rings (SSSR count). The maximum Gasteiger partial charge on any atom is 0.343 e. The number of fused-ring (bicyclic) bond motifs is 1. The predicted octanol–water partition coefficient (Wildman–Crippen LogP) is 6.69. The van der Waals surface area contributed by atoms with E-state index in [9.17, 15) is 14.4 Å². The van der Waals surface area contributed by atoms with Crippen molar-refractivity contribution in [3.05, 3.63) is 111 Å². The number of halogens is 3. The van der Waals surface area contributed by atoms with Crippen LogP contribution >= 0.6 is 46.1 Å². The van der Waals surface area contributed by atoms with Crippen molar-refractivity contribution in [3.63, 3.8) is 0 Å². The van der Waals surface area contributed by atoms with Crippen LogP contribution in [0, 0.1) is 0 Å². The lowest BCUT2D eigenvalue weighted by Gasteiger charge is -2.25. The molecule has 0 amide bonds. The molecule has 11 nitrogen and oxygen atoms in total. The topological polar surface area (TPSA) is 124 Å². The number of rotatable bonds is 14. The first-order chi connectivity index (χ1) is 25.0. The third-order valence-corrected chi connectivity index (χ3v) is 9.54. The maximum absolute atomic E-state index is 14.3. The summed E-state index contributed by atoms with van der Waals surface area (Å²) in [7, 11) is 1.26. The summed E-state index contributed by atoms with van der Waals surface area (Å²) in [6, 6.07) is 12.5. The van der Waals surface area contributed by atoms with Crippen molar-refractivity contribution in [2.45, 2.75) is 40.3 Å². The van der Waals surface area contributed by atoms with E-state index in [1.807, 2.05) is 6.92 Å². The van der Waals surface area contributed by atoms with Gasteiger partial charge in [0.2, 0.25) is 0 Å². The van der Waals surface area contributed by atoms with E-state index >= 15 is 0 Å². The number of carbonyl (C=O) groups excluding carboxylic acids is 2. The highest BCUT2D eigenvalue weighted by Gasteiger charge is 2.34. The maximum atomic E-state index is 14.3. The lowest BCUT2D eigenvalue weighted by molar-refractivity contribution is -0.143. The minimum atomic E-state index is -0.927. The van der Waals surface area contributed by atoms with E-state index < -0.39 is 23.5 Å². The van der Waals surface area contributed by atoms with E-state index in [1.54, 1.807) is 75.4 Å². The van der Waals surface area contributed by atoms with Crippen LogP contribution < -0.4 is 33.8 Å². The summed E-state index contributed by atoms with van der Waals surface area (Å²) in [4.78, 5) is 44.5. The van der Waals surface area contributed by atoms with Gasteiger partial charge in [-0.25, -0.2) is 14.6 Å². The molecular formula is C37H35Cl3N2O9S. The van der Waals surface area contributed by atoms with Crippen LogP contribution in [0.4, 0.5) is 0 Å². The fourth-order valence-electron chi connectivity index (χ4n) is 5.40. The largest absolute Gasteiger partial charge is 0.490 e. The summed E-state index contributed by atoms with van der Waals surface area (Å²) in [6.45, 7) is 7.52. The Balaban J connectivity index is 1.59. The van der Waals surface area contributed by atoms with Gasteiger partial charge in [-0.1, -0.05) is 58.3 Å². The number of esters is 2. The number of hydrogen-bond donors (Lipinski definition) is 0. The molecule has 52 heavy (non-hydrogen) atoms. The second kappa shape index (κ2) is 17.4. The summed E-state index contributed by atoms with van der Waals surface area (Å²) in [5, 5.41) is 1.21. The third kappa shape index (κ3) is 8.58. The number of ether oxygens (including phenoxy) is 6. The Bertz CT molecular complexity index is 2210. The number of nitrogens with zero attached hydrogens (tertiary/aromatic N) is 2. The van der Waals surface area contributed by atoms with Gasteiger partial charge in [0.15, 0.2) is 34.4 Å². The van der Waals surface area contributed by atoms with E-state index in [-0.39, 0.29) is 42.8 Å². The zero-order valence-corrected chi connectivity index (χ0v) is 32.0. The third-order valence-electron chi connectivity index (χ3n) is 7.69. The first-order valence-electron chi connectivity index (χ1n) is 16.2. The quantitative estimate of drug-likeness (QED) is 0.129. The second-order valence-electron chi connectivity index (χ2n) is 11.1. The van der Waals surface area contributed by atoms with Crippen LogP contribution in [0.2, 0.25) is 15.1 Å². The van der Waals surface area contributed by atoms with Gasteiger partial charge in [-0.05, 0) is 81.3 Å². The number of methoxy groups -OCH3 is 1. The van der Waals surface area contributed by atoms with Gasteiger partial charge in [0.1, 0.15) is 6.61 Å². The minimum absolute atomic E-state index is 0.110. The smallest absolute Gasteiger partial charge is 0.343 e. The van der Waals surface area contributed by atoms with Gasteiger partial charge in [-0.15, -0.1) is 0 Å². The molecule has 0 saturated carbocycles. The van der Waals surface area contributed by atoms with Crippen molar-refractivity contribution >= 4 is 64.2 Å². The molecule has 0 N–H and O–H groups in total. The summed E-state index contributed by atoms with van der Waals surface area (Å²) >= 11 is 20.3. The van der Waals surface area contributed by atoms with Crippen molar-refractivity contribution < 1.29 is 38.0 Å². The van der Waals surface area contributed by atoms with Crippen molar-refractivity contribution in [1.29, 1.82) is 0 Å². The monoisotopic (exact) mass is 788 g/mol. The molecule has 3 aromatic carbocycles. The molecule has 0 unspecified atom stereocenters. The van der Waals surface area contributed by atoms with Crippen LogP contribution in [-0.4, -0.2) is 50.0 Å². The molecule has 1 atom stereocenters. The number of carbonyl (C=O) groups is 2. The Morgan fingerprint density at radius 1 is 0.885 bits per heavy atom. The highest BCUT2D eigenvalue weighted by Crippen LogP contribution is 2.39. The lowest BCUT2D eigenvalue weighted by atomic mass is 9.95. The molecule has 0 aliphatic carbocycles. The van der Waals surface area contributed by atoms with Crippen LogP contribution in [0.1, 0.15) is 50.4 Å². The summed E-state index contributed by atoms with van der Waals surface area (Å²) in [5.41, 5.74) is 1.99. The summed E-state index contributed by atoms with van der Waals surface area (Å²) < 4.78 is 35.3. The first-order valence-corrected chi connectivity index (χ1v) is 18.1. The molecule has 15 heteroatoms. The molecule has 274 valence electrons. The number of benzene rings is 3. The Hall–Kier alpha value is -4.49. The Labute approximate surface area is 318 Å². The molecule has 1 aromatic heterocycles. The van der Waals surface area contributed by atoms with Gasteiger partial charge in [-0.2, -0.15) is 0 Å². The zero-order valence-electron chi connectivity index (χ0n) is 28.9. The zero-order chi connectivity index (χ0) is 37.5. The average molecular weight is 790 g/mol. The van der Waals surface area contributed by atoms with Gasteiger partial charge in [0, 0.05) is 15.6 Å². The number of aromatic nitrogens is 1. The van der Waals surface area contributed by atoms with Crippen LogP contribution in [0.25, 0.3) is 6.08 Å². The molecular weight excluding hydrogens is 755 g/mol. The van der Waals surface area contributed by atoms with E-state index in [0.717, 1.165) is 11.3 Å². The van der Waals surface area contributed by atoms with Crippen LogP contribution in [-0.2, 0) is 25.7 Å². The first kappa shape index (κ1) is 38.7. The standard InChI is InChI=1S/C37H35Cl3N2O9S/c1-6-47-28-16-22(10-12-27(28)50-19-31(43)46-5)33-32(36(45)49-8-3)20(4)41-37-42(33)35(44)30(52-37)15-21-13-26(40)34(29(14-21)48-7-2)51-18-23-9-11-24(38)17-25(23)39/h9-17,33H,6-8,18-19H2,1-5H3/b30-15-/t33-/m1/s1. The SMILES string of the molecule is CCOC(=O)C1=C(C)N=c2s/c(=C\c3cc(Cl)c(OCc4ccc(Cl)cc4Cl)c(OCC)c3)c(=O)n2[C@@H]1c1ccc(OCC(=O)OC)c(OCC)c1. The van der Waals surface area contributed by atoms with Crippen molar-refractivity contribution in [3.8, 4) is 23.0 Å². The van der Waals surface area contributed by atoms with Gasteiger partial charge in [0.25, 0.3) is 5.56 Å². The van der Waals surface area contributed by atoms with E-state index in [1.165, 1.54) is 11.7 Å². The molecule has 0 bridgehead atoms. The van der Waals surface area contributed by atoms with Crippen LogP contribution in [0.15, 0.2) is 69.6 Å². The molecule has 0 fully saturated rings. The second-order valence-corrected chi connectivity index (χ2v) is 13.4. The average Bonchev–Trinajstić information content (AvgIpc) is 3.40. The molecule has 4 aromatic rings. The van der Waals surface area contributed by atoms with Gasteiger partial charge in [0.05, 0.1) is 53.8 Å². The number of hydrogen-bond acceptors (Lipinski definition) is 11. The van der Waals surface area contributed by atoms with E-state index in [2.05, 4.69) is 9.73 Å². The molecule has 1 aliphatic heterocycles. The highest BCUT2D eigenvalue weighted by atomic mass is 35.5. The van der Waals surface area contributed by atoms with Crippen molar-refractivity contribution in [1.82, 2.24) is 4.57 Å². The van der Waals surface area contributed by atoms with Crippen molar-refractivity contribution in [2.75, 3.05) is 33.5 Å². The molecule has 0 radical (unpaired) electrons. The Morgan fingerprint density at radius 3 is 2.33 bits per heavy atom. The number of allylic oxidation sites excluding steroid dienone is 1. The predicted molar refractivity (Wildman–Crippen MR) is 199 cm³/mol. The van der Waals surface area contributed by atoms with E-state index in [4.69, 9.17) is 58.5 Å². The van der Waals surface area contributed by atoms with Crippen LogP contribution in [0.3, 0.4) is 0 Å².